The van der Waals surface area contributed by atoms with Crippen LogP contribution in [0.25, 0.3) is 0 Å². The molecule has 1 aromatic heterocycles. The Morgan fingerprint density at radius 2 is 1.86 bits per heavy atom. The molecule has 0 saturated carbocycles. The fourth-order valence-electron chi connectivity index (χ4n) is 4.05. The predicted molar refractivity (Wildman–Crippen MR) is 104 cm³/mol. The van der Waals surface area contributed by atoms with Crippen molar-refractivity contribution >= 4 is 21.6 Å². The lowest BCUT2D eigenvalue weighted by Crippen LogP contribution is -2.34. The quantitative estimate of drug-likeness (QED) is 0.781. The lowest BCUT2D eigenvalue weighted by molar-refractivity contribution is -0.117. The molecule has 2 fully saturated rings. The van der Waals surface area contributed by atoms with E-state index in [9.17, 15) is 13.2 Å². The average Bonchev–Trinajstić information content (AvgIpc) is 3.22. The lowest BCUT2D eigenvalue weighted by atomic mass is 10.1. The highest BCUT2D eigenvalue weighted by molar-refractivity contribution is 7.89. The van der Waals surface area contributed by atoms with Gasteiger partial charge in [-0.2, -0.15) is 4.31 Å². The molecule has 1 atom stereocenters. The Bertz CT molecular complexity index is 952. The zero-order chi connectivity index (χ0) is 19.7. The average molecular weight is 404 g/mol. The van der Waals surface area contributed by atoms with Crippen molar-refractivity contribution in [3.05, 3.63) is 41.8 Å². The van der Waals surface area contributed by atoms with E-state index in [1.807, 2.05) is 13.0 Å². The Labute approximate surface area is 165 Å². The molecule has 0 aliphatic carbocycles. The zero-order valence-corrected chi connectivity index (χ0v) is 16.8. The van der Waals surface area contributed by atoms with Crippen LogP contribution in [0.15, 0.2) is 39.8 Å². The molecule has 1 aromatic carbocycles. The maximum atomic E-state index is 13.4. The summed E-state index contributed by atoms with van der Waals surface area (Å²) in [5, 5.41) is 3.94. The molecule has 4 rings (SSSR count). The summed E-state index contributed by atoms with van der Waals surface area (Å²) in [7, 11) is -3.69. The van der Waals surface area contributed by atoms with Crippen molar-refractivity contribution in [1.82, 2.24) is 9.46 Å². The smallest absolute Gasteiger partial charge is 0.243 e. The van der Waals surface area contributed by atoms with Crippen molar-refractivity contribution in [2.24, 2.45) is 0 Å². The molecule has 0 bridgehead atoms. The van der Waals surface area contributed by atoms with Gasteiger partial charge in [0, 0.05) is 31.3 Å². The topological polar surface area (TPSA) is 83.7 Å². The van der Waals surface area contributed by atoms with E-state index < -0.39 is 10.0 Å². The van der Waals surface area contributed by atoms with Crippen LogP contribution in [0.1, 0.15) is 56.0 Å². The number of hydrogen-bond acceptors (Lipinski definition) is 5. The minimum atomic E-state index is -3.69. The lowest BCUT2D eigenvalue weighted by Gasteiger charge is -2.27. The van der Waals surface area contributed by atoms with Gasteiger partial charge in [-0.15, -0.1) is 0 Å². The summed E-state index contributed by atoms with van der Waals surface area (Å²) in [6.07, 6.45) is 4.87. The third kappa shape index (κ3) is 3.58. The summed E-state index contributed by atoms with van der Waals surface area (Å²) in [4.78, 5) is 13.9. The highest BCUT2D eigenvalue weighted by Crippen LogP contribution is 2.35. The molecule has 3 heterocycles. The van der Waals surface area contributed by atoms with Crippen LogP contribution in [0, 0.1) is 6.92 Å². The van der Waals surface area contributed by atoms with Gasteiger partial charge >= 0.3 is 0 Å². The highest BCUT2D eigenvalue weighted by Gasteiger charge is 2.35. The van der Waals surface area contributed by atoms with Crippen LogP contribution in [0.5, 0.6) is 0 Å². The van der Waals surface area contributed by atoms with Gasteiger partial charge in [-0.1, -0.05) is 18.0 Å². The molecule has 0 spiro atoms. The first kappa shape index (κ1) is 19.1. The predicted octanol–water partition coefficient (Wildman–Crippen LogP) is 3.42. The van der Waals surface area contributed by atoms with Gasteiger partial charge < -0.3 is 9.42 Å². The van der Waals surface area contributed by atoms with Crippen molar-refractivity contribution in [2.75, 3.05) is 18.0 Å². The van der Waals surface area contributed by atoms with E-state index >= 15 is 0 Å². The van der Waals surface area contributed by atoms with E-state index in [4.69, 9.17) is 4.52 Å². The van der Waals surface area contributed by atoms with Crippen LogP contribution < -0.4 is 4.90 Å². The molecule has 2 aliphatic heterocycles. The standard InChI is InChI=1S/C20H25N3O4S/c1-15-14-19(27-21-15)18-6-3-2-4-13-23(18)28(25,26)17-10-8-16(9-11-17)22-12-5-7-20(22)24/h8-11,14,18H,2-7,12-13H2,1H3. The molecule has 8 heteroatoms. The Kier molecular flexibility index (Phi) is 5.25. The van der Waals surface area contributed by atoms with Crippen molar-refractivity contribution in [2.45, 2.75) is 56.4 Å². The highest BCUT2D eigenvalue weighted by atomic mass is 32.2. The van der Waals surface area contributed by atoms with Gasteiger partial charge in [-0.3, -0.25) is 4.79 Å². The van der Waals surface area contributed by atoms with Gasteiger partial charge in [0.25, 0.3) is 0 Å². The second-order valence-corrected chi connectivity index (χ2v) is 9.38. The van der Waals surface area contributed by atoms with Gasteiger partial charge in [0.1, 0.15) is 0 Å². The van der Waals surface area contributed by atoms with Gasteiger partial charge in [0.15, 0.2) is 5.76 Å². The molecular weight excluding hydrogens is 378 g/mol. The third-order valence-electron chi connectivity index (χ3n) is 5.51. The number of carbonyl (C=O) groups excluding carboxylic acids is 1. The molecule has 1 unspecified atom stereocenters. The molecular formula is C20H25N3O4S. The van der Waals surface area contributed by atoms with Crippen molar-refractivity contribution in [3.8, 4) is 0 Å². The van der Waals surface area contributed by atoms with E-state index in [-0.39, 0.29) is 16.8 Å². The van der Waals surface area contributed by atoms with Crippen LogP contribution in [0.3, 0.4) is 0 Å². The zero-order valence-electron chi connectivity index (χ0n) is 16.0. The Hall–Kier alpha value is -2.19. The minimum absolute atomic E-state index is 0.0869. The maximum absolute atomic E-state index is 13.4. The van der Waals surface area contributed by atoms with E-state index in [1.165, 1.54) is 0 Å². The fourth-order valence-corrected chi connectivity index (χ4v) is 5.71. The summed E-state index contributed by atoms with van der Waals surface area (Å²) >= 11 is 0. The largest absolute Gasteiger partial charge is 0.359 e. The van der Waals surface area contributed by atoms with Crippen LogP contribution >= 0.6 is 0 Å². The van der Waals surface area contributed by atoms with Gasteiger partial charge in [0.05, 0.1) is 16.6 Å². The summed E-state index contributed by atoms with van der Waals surface area (Å²) in [6.45, 7) is 2.98. The van der Waals surface area contributed by atoms with Crippen molar-refractivity contribution < 1.29 is 17.7 Å². The molecule has 1 amide bonds. The molecule has 2 saturated heterocycles. The molecule has 0 N–H and O–H groups in total. The third-order valence-corrected chi connectivity index (χ3v) is 7.43. The Morgan fingerprint density at radius 1 is 1.07 bits per heavy atom. The van der Waals surface area contributed by atoms with Crippen molar-refractivity contribution in [1.29, 1.82) is 0 Å². The van der Waals surface area contributed by atoms with Crippen LogP contribution in [-0.4, -0.2) is 36.9 Å². The van der Waals surface area contributed by atoms with Crippen molar-refractivity contribution in [3.63, 3.8) is 0 Å². The van der Waals surface area contributed by atoms with Crippen LogP contribution in [0.2, 0.25) is 0 Å². The fraction of sp³-hybridized carbons (Fsp3) is 0.500. The molecule has 150 valence electrons. The van der Waals surface area contributed by atoms with E-state index in [0.717, 1.165) is 37.1 Å². The molecule has 28 heavy (non-hydrogen) atoms. The second-order valence-electron chi connectivity index (χ2n) is 7.49. The van der Waals surface area contributed by atoms with Gasteiger partial charge in [-0.05, 0) is 50.5 Å². The number of aromatic nitrogens is 1. The molecule has 7 nitrogen and oxygen atoms in total. The number of nitrogens with zero attached hydrogens (tertiary/aromatic N) is 3. The Balaban J connectivity index is 1.64. The molecule has 0 radical (unpaired) electrons. The number of carbonyl (C=O) groups is 1. The number of anilines is 1. The number of hydrogen-bond donors (Lipinski definition) is 0. The summed E-state index contributed by atoms with van der Waals surface area (Å²) in [5.74, 6) is 0.686. The summed E-state index contributed by atoms with van der Waals surface area (Å²) < 4.78 is 33.8. The van der Waals surface area contributed by atoms with Gasteiger partial charge in [-0.25, -0.2) is 8.42 Å². The SMILES string of the molecule is Cc1cc(C2CCCCCN2S(=O)(=O)c2ccc(N3CCCC3=O)cc2)on1. The number of sulfonamides is 1. The minimum Gasteiger partial charge on any atom is -0.359 e. The Morgan fingerprint density at radius 3 is 2.50 bits per heavy atom. The van der Waals surface area contributed by atoms with Crippen LogP contribution in [0.4, 0.5) is 5.69 Å². The number of aryl methyl sites for hydroxylation is 1. The summed E-state index contributed by atoms with van der Waals surface area (Å²) in [6, 6.07) is 8.13. The van der Waals surface area contributed by atoms with Crippen LogP contribution in [-0.2, 0) is 14.8 Å². The first-order chi connectivity index (χ1) is 13.5. The van der Waals surface area contributed by atoms with Gasteiger partial charge in [0.2, 0.25) is 15.9 Å². The first-order valence-corrected chi connectivity index (χ1v) is 11.3. The molecule has 2 aromatic rings. The first-order valence-electron chi connectivity index (χ1n) is 9.82. The van der Waals surface area contributed by atoms with E-state index in [1.54, 1.807) is 33.5 Å². The molecule has 2 aliphatic rings. The number of benzene rings is 1. The number of rotatable bonds is 4. The second kappa shape index (κ2) is 7.67. The van der Waals surface area contributed by atoms with E-state index in [2.05, 4.69) is 5.16 Å². The van der Waals surface area contributed by atoms with E-state index in [0.29, 0.717) is 31.7 Å². The summed E-state index contributed by atoms with van der Waals surface area (Å²) in [5.41, 5.74) is 1.50. The maximum Gasteiger partial charge on any atom is 0.243 e. The number of amides is 1. The normalized spacial score (nSPS) is 21.8. The monoisotopic (exact) mass is 403 g/mol.